The standard InChI is InChI=1S/C41H59N5O5/c1-29(2)22-36(38(49)25-33(16-10-11-19-42)40(51)45-20-17-41(18-21-45)27-46(28-41)30(3)47)44-39(50)34(23-31-12-6-4-7-13-31)26-37(48)35(43)24-32-14-8-5-9-15-32/h4-9,12-15,29,33-36H,10-11,16-28,42-43H2,1-3H3,(H,44,50)/t33-,34-,35+,36+/m0/s1. The molecule has 1 spiro atoms. The van der Waals surface area contributed by atoms with Crippen LogP contribution in [0, 0.1) is 23.2 Å². The Morgan fingerprint density at radius 1 is 0.784 bits per heavy atom. The summed E-state index contributed by atoms with van der Waals surface area (Å²) in [4.78, 5) is 71.0. The first-order chi connectivity index (χ1) is 24.4. The van der Waals surface area contributed by atoms with Crippen molar-refractivity contribution in [3.8, 4) is 0 Å². The highest BCUT2D eigenvalue weighted by molar-refractivity contribution is 5.94. The molecule has 4 rings (SSSR count). The second kappa shape index (κ2) is 19.1. The van der Waals surface area contributed by atoms with Crippen molar-refractivity contribution in [2.24, 2.45) is 34.6 Å². The first-order valence-corrected chi connectivity index (χ1v) is 18.8. The van der Waals surface area contributed by atoms with Gasteiger partial charge in [0.1, 0.15) is 0 Å². The molecule has 2 aliphatic rings. The van der Waals surface area contributed by atoms with E-state index in [4.69, 9.17) is 11.5 Å². The summed E-state index contributed by atoms with van der Waals surface area (Å²) < 4.78 is 0. The van der Waals surface area contributed by atoms with Crippen LogP contribution in [0.1, 0.15) is 83.3 Å². The minimum Gasteiger partial charge on any atom is -0.346 e. The Balaban J connectivity index is 1.44. The van der Waals surface area contributed by atoms with Crippen molar-refractivity contribution in [3.05, 3.63) is 71.8 Å². The van der Waals surface area contributed by atoms with Gasteiger partial charge in [0.15, 0.2) is 11.6 Å². The number of hydrogen-bond donors (Lipinski definition) is 3. The van der Waals surface area contributed by atoms with Crippen LogP contribution in [0.3, 0.4) is 0 Å². The summed E-state index contributed by atoms with van der Waals surface area (Å²) in [5.74, 6) is -1.77. The Morgan fingerprint density at radius 2 is 1.35 bits per heavy atom. The number of nitrogens with one attached hydrogen (secondary N) is 1. The fraction of sp³-hybridized carbons (Fsp3) is 0.585. The van der Waals surface area contributed by atoms with E-state index < -0.39 is 23.9 Å². The third kappa shape index (κ3) is 11.8. The number of rotatable bonds is 19. The number of nitrogens with zero attached hydrogens (tertiary/aromatic N) is 2. The lowest BCUT2D eigenvalue weighted by atomic mass is 9.71. The zero-order chi connectivity index (χ0) is 37.0. The van der Waals surface area contributed by atoms with Crippen LogP contribution in [-0.2, 0) is 36.8 Å². The summed E-state index contributed by atoms with van der Waals surface area (Å²) in [6.45, 7) is 8.82. The molecule has 51 heavy (non-hydrogen) atoms. The molecular formula is C41H59N5O5. The number of hydrogen-bond acceptors (Lipinski definition) is 7. The SMILES string of the molecule is CC(=O)N1CC2(CCN(C(=O)[C@@H](CCCCN)CC(=O)[C@@H](CC(C)C)NC(=O)[C@H](CC(=O)[C@H](N)Cc3ccccc3)Cc3ccccc3)CC2)C1. The third-order valence-corrected chi connectivity index (χ3v) is 10.7. The maximum Gasteiger partial charge on any atom is 0.226 e. The van der Waals surface area contributed by atoms with Gasteiger partial charge in [-0.1, -0.05) is 80.9 Å². The van der Waals surface area contributed by atoms with Gasteiger partial charge in [-0.15, -0.1) is 0 Å². The molecule has 4 atom stereocenters. The quantitative estimate of drug-likeness (QED) is 0.187. The highest BCUT2D eigenvalue weighted by atomic mass is 16.2. The number of benzene rings is 2. The van der Waals surface area contributed by atoms with Gasteiger partial charge in [-0.25, -0.2) is 0 Å². The molecule has 278 valence electrons. The highest BCUT2D eigenvalue weighted by Crippen LogP contribution is 2.41. The second-order valence-electron chi connectivity index (χ2n) is 15.4. The van der Waals surface area contributed by atoms with E-state index in [1.807, 2.05) is 84.3 Å². The van der Waals surface area contributed by atoms with E-state index in [1.165, 1.54) is 0 Å². The topological polar surface area (TPSA) is 156 Å². The number of piperidine rings is 1. The molecule has 2 aromatic rings. The molecule has 2 aliphatic heterocycles. The molecule has 2 aromatic carbocycles. The fourth-order valence-electron chi connectivity index (χ4n) is 7.56. The van der Waals surface area contributed by atoms with Crippen molar-refractivity contribution in [1.29, 1.82) is 0 Å². The summed E-state index contributed by atoms with van der Waals surface area (Å²) in [5.41, 5.74) is 14.1. The Hall–Kier alpha value is -3.89. The molecule has 5 N–H and O–H groups in total. The third-order valence-electron chi connectivity index (χ3n) is 10.7. The van der Waals surface area contributed by atoms with Crippen molar-refractivity contribution in [2.45, 2.75) is 97.1 Å². The lowest BCUT2D eigenvalue weighted by Gasteiger charge is -2.54. The van der Waals surface area contributed by atoms with Crippen LogP contribution in [0.15, 0.2) is 60.7 Å². The van der Waals surface area contributed by atoms with E-state index in [0.29, 0.717) is 45.3 Å². The number of Topliss-reactive ketones (excluding diaryl/α,β-unsaturated/α-hetero) is 2. The zero-order valence-electron chi connectivity index (χ0n) is 30.9. The predicted molar refractivity (Wildman–Crippen MR) is 199 cm³/mol. The molecule has 2 saturated heterocycles. The van der Waals surface area contributed by atoms with Gasteiger partial charge in [0, 0.05) is 63.2 Å². The van der Waals surface area contributed by atoms with Crippen molar-refractivity contribution in [3.63, 3.8) is 0 Å². The molecule has 10 nitrogen and oxygen atoms in total. The maximum absolute atomic E-state index is 14.1. The molecule has 0 radical (unpaired) electrons. The summed E-state index contributed by atoms with van der Waals surface area (Å²) >= 11 is 0. The summed E-state index contributed by atoms with van der Waals surface area (Å²) in [6, 6.07) is 17.6. The Morgan fingerprint density at radius 3 is 1.90 bits per heavy atom. The van der Waals surface area contributed by atoms with Crippen molar-refractivity contribution in [1.82, 2.24) is 15.1 Å². The largest absolute Gasteiger partial charge is 0.346 e. The number of carbonyl (C=O) groups is 5. The molecule has 2 fully saturated rings. The van der Waals surface area contributed by atoms with Gasteiger partial charge in [-0.2, -0.15) is 0 Å². The molecule has 0 aromatic heterocycles. The van der Waals surface area contributed by atoms with Crippen LogP contribution < -0.4 is 16.8 Å². The number of amides is 3. The number of unbranched alkanes of at least 4 members (excludes halogenated alkanes) is 1. The average Bonchev–Trinajstić information content (AvgIpc) is 3.09. The monoisotopic (exact) mass is 701 g/mol. The summed E-state index contributed by atoms with van der Waals surface area (Å²) in [7, 11) is 0. The van der Waals surface area contributed by atoms with E-state index >= 15 is 0 Å². The Labute approximate surface area is 304 Å². The Kier molecular flexibility index (Phi) is 14.9. The molecular weight excluding hydrogens is 642 g/mol. The lowest BCUT2D eigenvalue weighted by Crippen LogP contribution is -2.62. The van der Waals surface area contributed by atoms with Gasteiger partial charge in [0.05, 0.1) is 12.1 Å². The van der Waals surface area contributed by atoms with Gasteiger partial charge < -0.3 is 26.6 Å². The van der Waals surface area contributed by atoms with Crippen molar-refractivity contribution < 1.29 is 24.0 Å². The number of nitrogens with two attached hydrogens (primary N) is 2. The van der Waals surface area contributed by atoms with Crippen molar-refractivity contribution in [2.75, 3.05) is 32.7 Å². The van der Waals surface area contributed by atoms with Crippen molar-refractivity contribution >= 4 is 29.3 Å². The van der Waals surface area contributed by atoms with E-state index in [1.54, 1.807) is 6.92 Å². The zero-order valence-corrected chi connectivity index (χ0v) is 30.9. The highest BCUT2D eigenvalue weighted by Gasteiger charge is 2.47. The van der Waals surface area contributed by atoms with Crippen LogP contribution in [0.25, 0.3) is 0 Å². The number of likely N-dealkylation sites (tertiary alicyclic amines) is 2. The molecule has 0 unspecified atom stereocenters. The van der Waals surface area contributed by atoms with Gasteiger partial charge in [-0.05, 0) is 68.5 Å². The van der Waals surface area contributed by atoms with Crippen LogP contribution in [0.4, 0.5) is 0 Å². The maximum atomic E-state index is 14.1. The van der Waals surface area contributed by atoms with Crippen LogP contribution in [0.5, 0.6) is 0 Å². The van der Waals surface area contributed by atoms with Gasteiger partial charge >= 0.3 is 0 Å². The normalized spacial score (nSPS) is 17.7. The average molecular weight is 702 g/mol. The first-order valence-electron chi connectivity index (χ1n) is 18.8. The predicted octanol–water partition coefficient (Wildman–Crippen LogP) is 4.08. The molecule has 0 aliphatic carbocycles. The number of ketones is 2. The Bertz CT molecular complexity index is 1450. The minimum absolute atomic E-state index is 0.0208. The fourth-order valence-corrected chi connectivity index (χ4v) is 7.56. The van der Waals surface area contributed by atoms with E-state index in [9.17, 15) is 24.0 Å². The van der Waals surface area contributed by atoms with E-state index in [2.05, 4.69) is 5.32 Å². The van der Waals surface area contributed by atoms with Gasteiger partial charge in [-0.3, -0.25) is 24.0 Å². The first kappa shape index (κ1) is 39.9. The minimum atomic E-state index is -0.786. The molecule has 3 amide bonds. The molecule has 0 bridgehead atoms. The van der Waals surface area contributed by atoms with Crippen LogP contribution in [0.2, 0.25) is 0 Å². The van der Waals surface area contributed by atoms with Gasteiger partial charge in [0.25, 0.3) is 0 Å². The summed E-state index contributed by atoms with van der Waals surface area (Å²) in [6.07, 6.45) is 4.85. The molecule has 2 heterocycles. The van der Waals surface area contributed by atoms with E-state index in [-0.39, 0.29) is 53.5 Å². The molecule has 0 saturated carbocycles. The van der Waals surface area contributed by atoms with E-state index in [0.717, 1.165) is 49.9 Å². The van der Waals surface area contributed by atoms with Crippen LogP contribution >= 0.6 is 0 Å². The van der Waals surface area contributed by atoms with Gasteiger partial charge in [0.2, 0.25) is 17.7 Å². The number of carbonyl (C=O) groups excluding carboxylic acids is 5. The van der Waals surface area contributed by atoms with Crippen LogP contribution in [-0.4, -0.2) is 83.9 Å². The molecule has 10 heteroatoms. The second-order valence-corrected chi connectivity index (χ2v) is 15.4. The lowest BCUT2D eigenvalue weighted by molar-refractivity contribution is -0.150. The summed E-state index contributed by atoms with van der Waals surface area (Å²) in [5, 5.41) is 3.03. The smallest absolute Gasteiger partial charge is 0.226 e.